The van der Waals surface area contributed by atoms with Gasteiger partial charge in [0.2, 0.25) is 5.88 Å². The van der Waals surface area contributed by atoms with Gasteiger partial charge >= 0.3 is 5.97 Å². The second kappa shape index (κ2) is 9.07. The number of aromatic carboxylic acids is 1. The third-order valence-corrected chi connectivity index (χ3v) is 4.51. The van der Waals surface area contributed by atoms with E-state index in [0.29, 0.717) is 33.2 Å². The van der Waals surface area contributed by atoms with Gasteiger partial charge in [-0.1, -0.05) is 12.7 Å². The number of nitrogens with zero attached hydrogens (tertiary/aromatic N) is 2. The Hall–Kier alpha value is -3.90. The molecule has 0 saturated heterocycles. The van der Waals surface area contributed by atoms with Gasteiger partial charge in [0.15, 0.2) is 0 Å². The molecule has 8 nitrogen and oxygen atoms in total. The van der Waals surface area contributed by atoms with Crippen LogP contribution in [-0.2, 0) is 6.61 Å². The molecule has 3 aromatic heterocycles. The molecule has 0 radical (unpaired) electrons. The number of hydrogen-bond donors (Lipinski definition) is 3. The molecule has 152 valence electrons. The number of H-pyrrole nitrogens is 1. The van der Waals surface area contributed by atoms with E-state index < -0.39 is 5.97 Å². The van der Waals surface area contributed by atoms with Crippen molar-refractivity contribution in [1.82, 2.24) is 9.97 Å². The zero-order chi connectivity index (χ0) is 21.7. The van der Waals surface area contributed by atoms with Crippen LogP contribution in [0.3, 0.4) is 0 Å². The summed E-state index contributed by atoms with van der Waals surface area (Å²) < 4.78 is 16.1. The van der Waals surface area contributed by atoms with Gasteiger partial charge in [-0.3, -0.25) is 0 Å². The monoisotopic (exact) mass is 423 g/mol. The van der Waals surface area contributed by atoms with Crippen LogP contribution in [0.15, 0.2) is 53.9 Å². The highest BCUT2D eigenvalue weighted by atomic mass is 32.1. The largest absolute Gasteiger partial charge is 0.495 e. The van der Waals surface area contributed by atoms with Crippen LogP contribution >= 0.6 is 12.6 Å². The van der Waals surface area contributed by atoms with Crippen LogP contribution in [-0.4, -0.2) is 28.2 Å². The highest BCUT2D eigenvalue weighted by molar-refractivity contribution is 7.90. The van der Waals surface area contributed by atoms with Crippen LogP contribution < -0.4 is 9.47 Å². The lowest BCUT2D eigenvalue weighted by Crippen LogP contribution is -2.04. The van der Waals surface area contributed by atoms with E-state index in [4.69, 9.17) is 19.0 Å². The molecule has 3 rings (SSSR count). The van der Waals surface area contributed by atoms with Crippen LogP contribution in [0.25, 0.3) is 16.0 Å². The molecule has 0 unspecified atom stereocenters. The predicted octanol–water partition coefficient (Wildman–Crippen LogP) is 4.28. The van der Waals surface area contributed by atoms with Crippen molar-refractivity contribution in [1.29, 1.82) is 5.26 Å². The molecule has 0 aliphatic heterocycles. The highest BCUT2D eigenvalue weighted by Gasteiger charge is 2.19. The predicted molar refractivity (Wildman–Crippen MR) is 112 cm³/mol. The second-order valence-electron chi connectivity index (χ2n) is 5.97. The number of hydrogen-bond acceptors (Lipinski definition) is 7. The van der Waals surface area contributed by atoms with E-state index in [1.54, 1.807) is 24.3 Å². The fourth-order valence-corrected chi connectivity index (χ4v) is 2.95. The summed E-state index contributed by atoms with van der Waals surface area (Å²) in [6, 6.07) is 6.88. The Morgan fingerprint density at radius 2 is 2.30 bits per heavy atom. The summed E-state index contributed by atoms with van der Waals surface area (Å²) in [7, 11) is 1.42. The quantitative estimate of drug-likeness (QED) is 0.365. The van der Waals surface area contributed by atoms with E-state index >= 15 is 0 Å². The Kier molecular flexibility index (Phi) is 6.29. The molecule has 0 fully saturated rings. The SMILES string of the molecule is C=C/C=C(\S)c1cc(-c2ccoc2)c(C#N)c(OCc2[nH]c(C(=O)O)cc2OC)n1. The number of carboxylic acids is 1. The summed E-state index contributed by atoms with van der Waals surface area (Å²) in [5.41, 5.74) is 2.24. The standard InChI is InChI=1S/C21H17N3O5S/c1-3-4-19(30)15-7-13(12-5-6-28-10-12)14(9-22)20(24-15)29-11-17-18(27-2)8-16(23-17)21(25)26/h3-8,10,23,30H,1,11H2,2H3,(H,25,26)/b19-4-. The molecule has 9 heteroatoms. The number of carbonyl (C=O) groups is 1. The normalized spacial score (nSPS) is 11.0. The summed E-state index contributed by atoms with van der Waals surface area (Å²) in [6.45, 7) is 3.55. The number of nitrogens with one attached hydrogen (secondary N) is 1. The average molecular weight is 423 g/mol. The second-order valence-corrected chi connectivity index (χ2v) is 6.45. The highest BCUT2D eigenvalue weighted by Crippen LogP contribution is 2.34. The maximum Gasteiger partial charge on any atom is 0.352 e. The van der Waals surface area contributed by atoms with Crippen molar-refractivity contribution >= 4 is 23.5 Å². The minimum atomic E-state index is -1.13. The third kappa shape index (κ3) is 4.24. The van der Waals surface area contributed by atoms with Crippen molar-refractivity contribution in [3.8, 4) is 28.8 Å². The number of ether oxygens (including phenoxy) is 2. The van der Waals surface area contributed by atoms with Gasteiger partial charge in [-0.2, -0.15) is 5.26 Å². The molecular formula is C21H17N3O5S. The molecule has 0 spiro atoms. The Balaban J connectivity index is 2.05. The number of thiol groups is 1. The molecule has 0 aliphatic rings. The zero-order valence-corrected chi connectivity index (χ0v) is 16.8. The number of allylic oxidation sites excluding steroid dienone is 2. The molecule has 0 saturated carbocycles. The number of furan rings is 1. The molecule has 2 N–H and O–H groups in total. The van der Waals surface area contributed by atoms with Gasteiger partial charge in [0.25, 0.3) is 0 Å². The van der Waals surface area contributed by atoms with Crippen LogP contribution in [0, 0.1) is 11.3 Å². The lowest BCUT2D eigenvalue weighted by molar-refractivity contribution is 0.0691. The smallest absolute Gasteiger partial charge is 0.352 e. The number of nitriles is 1. The summed E-state index contributed by atoms with van der Waals surface area (Å²) >= 11 is 4.42. The first kappa shape index (κ1) is 20.8. The molecular weight excluding hydrogens is 406 g/mol. The van der Waals surface area contributed by atoms with Crippen molar-refractivity contribution in [2.45, 2.75) is 6.61 Å². The molecule has 0 aromatic carbocycles. The lowest BCUT2D eigenvalue weighted by atomic mass is 10.0. The fourth-order valence-electron chi connectivity index (χ4n) is 2.73. The van der Waals surface area contributed by atoms with Gasteiger partial charge in [-0.15, -0.1) is 12.6 Å². The van der Waals surface area contributed by atoms with Crippen molar-refractivity contribution in [2.24, 2.45) is 0 Å². The first-order valence-corrected chi connectivity index (χ1v) is 9.05. The van der Waals surface area contributed by atoms with E-state index in [2.05, 4.69) is 35.2 Å². The Bertz CT molecular complexity index is 1160. The van der Waals surface area contributed by atoms with Gasteiger partial charge in [-0.05, 0) is 18.2 Å². The average Bonchev–Trinajstić information content (AvgIpc) is 3.41. The Morgan fingerprint density at radius 3 is 2.90 bits per heavy atom. The molecule has 0 aliphatic carbocycles. The number of aromatic amines is 1. The van der Waals surface area contributed by atoms with Crippen molar-refractivity contribution in [3.05, 3.63) is 72.1 Å². The van der Waals surface area contributed by atoms with Crippen LogP contribution in [0.1, 0.15) is 27.4 Å². The van der Waals surface area contributed by atoms with Gasteiger partial charge in [-0.25, -0.2) is 9.78 Å². The van der Waals surface area contributed by atoms with Crippen molar-refractivity contribution in [3.63, 3.8) is 0 Å². The van der Waals surface area contributed by atoms with E-state index in [-0.39, 0.29) is 23.7 Å². The van der Waals surface area contributed by atoms with Crippen LogP contribution in [0.4, 0.5) is 0 Å². The lowest BCUT2D eigenvalue weighted by Gasteiger charge is -2.12. The summed E-state index contributed by atoms with van der Waals surface area (Å²) in [5, 5.41) is 18.9. The summed E-state index contributed by atoms with van der Waals surface area (Å²) in [5.74, 6) is -0.754. The molecule has 3 heterocycles. The maximum absolute atomic E-state index is 11.2. The zero-order valence-electron chi connectivity index (χ0n) is 15.9. The minimum Gasteiger partial charge on any atom is -0.495 e. The first-order chi connectivity index (χ1) is 14.5. The third-order valence-electron chi connectivity index (χ3n) is 4.13. The van der Waals surface area contributed by atoms with Gasteiger partial charge in [0.1, 0.15) is 29.7 Å². The van der Waals surface area contributed by atoms with Gasteiger partial charge in [0, 0.05) is 22.1 Å². The van der Waals surface area contributed by atoms with E-state index in [0.717, 1.165) is 0 Å². The van der Waals surface area contributed by atoms with E-state index in [9.17, 15) is 10.1 Å². The molecule has 0 atom stereocenters. The number of methoxy groups -OCH3 is 1. The molecule has 0 amide bonds. The number of carboxylic acid groups (broad SMARTS) is 1. The summed E-state index contributed by atoms with van der Waals surface area (Å²) in [6.07, 6.45) is 6.23. The Labute approximate surface area is 177 Å². The first-order valence-electron chi connectivity index (χ1n) is 8.60. The summed E-state index contributed by atoms with van der Waals surface area (Å²) in [4.78, 5) is 18.9. The van der Waals surface area contributed by atoms with E-state index in [1.807, 2.05) is 0 Å². The Morgan fingerprint density at radius 1 is 1.50 bits per heavy atom. The number of aromatic nitrogens is 2. The van der Waals surface area contributed by atoms with Crippen LogP contribution in [0.2, 0.25) is 0 Å². The maximum atomic E-state index is 11.2. The topological polar surface area (TPSA) is 121 Å². The van der Waals surface area contributed by atoms with Crippen molar-refractivity contribution < 1.29 is 23.8 Å². The molecule has 3 aromatic rings. The fraction of sp³-hybridized carbons (Fsp3) is 0.0952. The molecule has 0 bridgehead atoms. The van der Waals surface area contributed by atoms with Crippen molar-refractivity contribution in [2.75, 3.05) is 7.11 Å². The van der Waals surface area contributed by atoms with Crippen LogP contribution in [0.5, 0.6) is 11.6 Å². The number of pyridine rings is 1. The molecule has 30 heavy (non-hydrogen) atoms. The number of rotatable bonds is 8. The minimum absolute atomic E-state index is 0.0432. The van der Waals surface area contributed by atoms with Gasteiger partial charge in [0.05, 0.1) is 31.0 Å². The van der Waals surface area contributed by atoms with E-state index in [1.165, 1.54) is 25.7 Å². The van der Waals surface area contributed by atoms with Gasteiger partial charge < -0.3 is 24.0 Å².